The van der Waals surface area contributed by atoms with Gasteiger partial charge in [-0.25, -0.2) is 4.21 Å². The molecule has 1 rings (SSSR count). The first-order valence-electron chi connectivity index (χ1n) is 7.86. The Bertz CT molecular complexity index is 529. The van der Waals surface area contributed by atoms with Crippen LogP contribution in [0.4, 0.5) is 0 Å². The van der Waals surface area contributed by atoms with Crippen LogP contribution in [-0.2, 0) is 10.8 Å². The molecular formula is C19H26OS. The summed E-state index contributed by atoms with van der Waals surface area (Å²) in [5.41, 5.74) is 1.18. The normalized spacial score (nSPS) is 12.6. The molecule has 0 bridgehead atoms. The molecule has 0 fully saturated rings. The highest BCUT2D eigenvalue weighted by atomic mass is 32.2. The van der Waals surface area contributed by atoms with Crippen LogP contribution in [0.15, 0.2) is 40.1 Å². The fourth-order valence-corrected chi connectivity index (χ4v) is 2.89. The standard InChI is InChI=1S/C19H26OS/c1-4-6-8-10-12-18(11-9-7-5-2)21(20)19-15-13-17(3)14-16-19/h11,13-16H,4-9H2,1-3H3/b18-11+. The molecule has 0 aliphatic heterocycles. The maximum absolute atomic E-state index is 12.7. The number of rotatable bonds is 7. The first kappa shape index (κ1) is 17.7. The molecule has 0 amide bonds. The van der Waals surface area contributed by atoms with E-state index in [0.717, 1.165) is 48.3 Å². The third-order valence-corrected chi connectivity index (χ3v) is 4.56. The van der Waals surface area contributed by atoms with Crippen LogP contribution in [0.2, 0.25) is 0 Å². The van der Waals surface area contributed by atoms with E-state index >= 15 is 0 Å². The van der Waals surface area contributed by atoms with Crippen LogP contribution >= 0.6 is 0 Å². The van der Waals surface area contributed by atoms with Gasteiger partial charge >= 0.3 is 0 Å². The summed E-state index contributed by atoms with van der Waals surface area (Å²) in [5.74, 6) is 6.30. The molecule has 0 aromatic heterocycles. The molecule has 1 aromatic carbocycles. The second-order valence-electron chi connectivity index (χ2n) is 5.20. The molecule has 0 saturated heterocycles. The van der Waals surface area contributed by atoms with Gasteiger partial charge in [0.25, 0.3) is 0 Å². The van der Waals surface area contributed by atoms with Gasteiger partial charge in [-0.15, -0.1) is 0 Å². The van der Waals surface area contributed by atoms with Crippen molar-refractivity contribution in [2.45, 2.75) is 64.2 Å². The largest absolute Gasteiger partial charge is 0.248 e. The van der Waals surface area contributed by atoms with E-state index in [1.54, 1.807) is 0 Å². The summed E-state index contributed by atoms with van der Waals surface area (Å²) in [5, 5.41) is 0. The molecular weight excluding hydrogens is 276 g/mol. The summed E-state index contributed by atoms with van der Waals surface area (Å²) in [6, 6.07) is 7.88. The predicted octanol–water partition coefficient (Wildman–Crippen LogP) is 5.37. The van der Waals surface area contributed by atoms with Gasteiger partial charge in [0.1, 0.15) is 0 Å². The van der Waals surface area contributed by atoms with Crippen LogP contribution in [0.5, 0.6) is 0 Å². The number of aryl methyl sites for hydroxylation is 1. The van der Waals surface area contributed by atoms with Gasteiger partial charge in [-0.3, -0.25) is 0 Å². The third kappa shape index (κ3) is 6.78. The van der Waals surface area contributed by atoms with Crippen LogP contribution in [0, 0.1) is 18.8 Å². The fourth-order valence-electron chi connectivity index (χ4n) is 1.81. The first-order valence-corrected chi connectivity index (χ1v) is 9.01. The molecule has 0 saturated carbocycles. The second kappa shape index (κ2) is 10.4. The lowest BCUT2D eigenvalue weighted by molar-refractivity contribution is 0.687. The summed E-state index contributed by atoms with van der Waals surface area (Å²) < 4.78 is 12.7. The summed E-state index contributed by atoms with van der Waals surface area (Å²) in [6.45, 7) is 6.36. The SMILES string of the molecule is CCCCC#C/C(=C\CCCC)S(=O)c1ccc(C)cc1. The molecule has 0 aliphatic carbocycles. The number of allylic oxidation sites excluding steroid dienone is 2. The molecule has 0 heterocycles. The van der Waals surface area contributed by atoms with Crippen molar-refractivity contribution >= 4 is 10.8 Å². The van der Waals surface area contributed by atoms with Crippen molar-refractivity contribution in [3.05, 3.63) is 40.8 Å². The van der Waals surface area contributed by atoms with E-state index in [9.17, 15) is 4.21 Å². The van der Waals surface area contributed by atoms with Crippen molar-refractivity contribution < 1.29 is 4.21 Å². The number of hydrogen-bond acceptors (Lipinski definition) is 1. The molecule has 0 aliphatic rings. The highest BCUT2D eigenvalue weighted by molar-refractivity contribution is 7.89. The lowest BCUT2D eigenvalue weighted by atomic mass is 10.2. The minimum absolute atomic E-state index is 0.767. The molecule has 114 valence electrons. The Morgan fingerprint density at radius 2 is 1.81 bits per heavy atom. The summed E-state index contributed by atoms with van der Waals surface area (Å²) >= 11 is 0. The average Bonchev–Trinajstić information content (AvgIpc) is 2.50. The minimum Gasteiger partial charge on any atom is -0.248 e. The zero-order valence-electron chi connectivity index (χ0n) is 13.4. The molecule has 1 atom stereocenters. The van der Waals surface area contributed by atoms with Crippen LogP contribution in [-0.4, -0.2) is 4.21 Å². The summed E-state index contributed by atoms with van der Waals surface area (Å²) in [4.78, 5) is 1.61. The Hall–Kier alpha value is -1.33. The molecule has 0 spiro atoms. The quantitative estimate of drug-likeness (QED) is 0.489. The Labute approximate surface area is 132 Å². The van der Waals surface area contributed by atoms with Gasteiger partial charge in [0, 0.05) is 11.3 Å². The van der Waals surface area contributed by atoms with Crippen LogP contribution in [0.3, 0.4) is 0 Å². The van der Waals surface area contributed by atoms with Crippen LogP contribution in [0.1, 0.15) is 57.9 Å². The van der Waals surface area contributed by atoms with Crippen LogP contribution in [0.25, 0.3) is 0 Å². The van der Waals surface area contributed by atoms with Gasteiger partial charge in [-0.1, -0.05) is 68.7 Å². The summed E-state index contributed by atoms with van der Waals surface area (Å²) in [7, 11) is -1.15. The van der Waals surface area contributed by atoms with E-state index in [0.29, 0.717) is 0 Å². The average molecular weight is 302 g/mol. The molecule has 1 nitrogen and oxygen atoms in total. The van der Waals surface area contributed by atoms with Crippen LogP contribution < -0.4 is 0 Å². The number of hydrogen-bond donors (Lipinski definition) is 0. The monoisotopic (exact) mass is 302 g/mol. The molecule has 1 aromatic rings. The van der Waals surface area contributed by atoms with Gasteiger partial charge in [-0.2, -0.15) is 0 Å². The lowest BCUT2D eigenvalue weighted by Crippen LogP contribution is -1.95. The Balaban J connectivity index is 2.87. The molecule has 0 N–H and O–H groups in total. The van der Waals surface area contributed by atoms with Crippen molar-refractivity contribution in [2.24, 2.45) is 0 Å². The topological polar surface area (TPSA) is 17.1 Å². The molecule has 1 unspecified atom stereocenters. The summed E-state index contributed by atoms with van der Waals surface area (Å²) in [6.07, 6.45) is 8.39. The smallest absolute Gasteiger partial charge is 0.0931 e. The van der Waals surface area contributed by atoms with E-state index in [2.05, 4.69) is 31.8 Å². The fraction of sp³-hybridized carbons (Fsp3) is 0.474. The van der Waals surface area contributed by atoms with Crippen molar-refractivity contribution in [3.63, 3.8) is 0 Å². The Kier molecular flexibility index (Phi) is 8.78. The molecule has 21 heavy (non-hydrogen) atoms. The Morgan fingerprint density at radius 1 is 1.14 bits per heavy atom. The van der Waals surface area contributed by atoms with Crippen molar-refractivity contribution in [3.8, 4) is 11.8 Å². The molecule has 2 heteroatoms. The maximum Gasteiger partial charge on any atom is 0.0931 e. The number of unbranched alkanes of at least 4 members (excludes halogenated alkanes) is 4. The second-order valence-corrected chi connectivity index (χ2v) is 6.65. The van der Waals surface area contributed by atoms with E-state index in [4.69, 9.17) is 0 Å². The zero-order valence-corrected chi connectivity index (χ0v) is 14.3. The van der Waals surface area contributed by atoms with Crippen molar-refractivity contribution in [2.75, 3.05) is 0 Å². The van der Waals surface area contributed by atoms with Gasteiger partial charge < -0.3 is 0 Å². The van der Waals surface area contributed by atoms with Crippen molar-refractivity contribution in [1.82, 2.24) is 0 Å². The van der Waals surface area contributed by atoms with Gasteiger partial charge in [-0.05, 0) is 31.9 Å². The maximum atomic E-state index is 12.7. The zero-order chi connectivity index (χ0) is 15.5. The van der Waals surface area contributed by atoms with E-state index in [-0.39, 0.29) is 0 Å². The predicted molar refractivity (Wildman–Crippen MR) is 92.5 cm³/mol. The minimum atomic E-state index is -1.15. The molecule has 0 radical (unpaired) electrons. The highest BCUT2D eigenvalue weighted by Gasteiger charge is 2.07. The Morgan fingerprint density at radius 3 is 2.43 bits per heavy atom. The van der Waals surface area contributed by atoms with E-state index in [1.165, 1.54) is 5.56 Å². The van der Waals surface area contributed by atoms with E-state index < -0.39 is 10.8 Å². The first-order chi connectivity index (χ1) is 10.2. The third-order valence-electron chi connectivity index (χ3n) is 3.19. The van der Waals surface area contributed by atoms with Gasteiger partial charge in [0.05, 0.1) is 15.7 Å². The lowest BCUT2D eigenvalue weighted by Gasteiger charge is -2.03. The van der Waals surface area contributed by atoms with Gasteiger partial charge in [0.2, 0.25) is 0 Å². The van der Waals surface area contributed by atoms with Crippen molar-refractivity contribution in [1.29, 1.82) is 0 Å². The van der Waals surface area contributed by atoms with Gasteiger partial charge in [0.15, 0.2) is 0 Å². The van der Waals surface area contributed by atoms with E-state index in [1.807, 2.05) is 31.2 Å². The highest BCUT2D eigenvalue weighted by Crippen LogP contribution is 2.16. The number of benzene rings is 1.